The Hall–Kier alpha value is -1.52. The summed E-state index contributed by atoms with van der Waals surface area (Å²) in [4.78, 5) is 9.75. The molecule has 0 N–H and O–H groups in total. The van der Waals surface area contributed by atoms with Crippen LogP contribution >= 0.6 is 0 Å². The van der Waals surface area contributed by atoms with Gasteiger partial charge in [-0.05, 0) is 13.0 Å². The number of nitrogens with zero attached hydrogens (tertiary/aromatic N) is 1. The topological polar surface area (TPSA) is 43.1 Å². The molecule has 0 bridgehead atoms. The van der Waals surface area contributed by atoms with E-state index in [4.69, 9.17) is 0 Å². The van der Waals surface area contributed by atoms with Crippen molar-refractivity contribution in [3.8, 4) is 0 Å². The summed E-state index contributed by atoms with van der Waals surface area (Å²) in [6.45, 7) is 1.03. The standard InChI is InChI=1S/C9H9F2NO2/c1-6(10)9(11)7-4-2-3-5-8(7)12(13)14/h2-6,9H,1H3. The van der Waals surface area contributed by atoms with Gasteiger partial charge in [-0.15, -0.1) is 0 Å². The Morgan fingerprint density at radius 1 is 1.36 bits per heavy atom. The minimum absolute atomic E-state index is 0.215. The zero-order valence-electron chi connectivity index (χ0n) is 7.48. The molecule has 0 aromatic heterocycles. The quantitative estimate of drug-likeness (QED) is 0.557. The highest BCUT2D eigenvalue weighted by molar-refractivity contribution is 5.41. The molecule has 0 aliphatic rings. The monoisotopic (exact) mass is 201 g/mol. The number of benzene rings is 1. The van der Waals surface area contributed by atoms with Crippen LogP contribution < -0.4 is 0 Å². The normalized spacial score (nSPS) is 14.8. The van der Waals surface area contributed by atoms with E-state index < -0.39 is 17.3 Å². The van der Waals surface area contributed by atoms with E-state index in [0.717, 1.165) is 13.0 Å². The minimum atomic E-state index is -1.95. The van der Waals surface area contributed by atoms with Crippen molar-refractivity contribution in [1.82, 2.24) is 0 Å². The van der Waals surface area contributed by atoms with Gasteiger partial charge in [0.1, 0.15) is 6.17 Å². The van der Waals surface area contributed by atoms with E-state index >= 15 is 0 Å². The van der Waals surface area contributed by atoms with Gasteiger partial charge in [-0.2, -0.15) is 0 Å². The molecule has 5 heteroatoms. The molecule has 0 aliphatic heterocycles. The molecule has 1 aromatic carbocycles. The zero-order valence-corrected chi connectivity index (χ0v) is 7.48. The first kappa shape index (κ1) is 10.6. The highest BCUT2D eigenvalue weighted by atomic mass is 19.2. The molecule has 2 unspecified atom stereocenters. The predicted octanol–water partition coefficient (Wildman–Crippen LogP) is 2.96. The summed E-state index contributed by atoms with van der Waals surface area (Å²) in [6.07, 6.45) is -3.70. The number of alkyl halides is 2. The van der Waals surface area contributed by atoms with Crippen LogP contribution in [0, 0.1) is 10.1 Å². The van der Waals surface area contributed by atoms with E-state index in [1.165, 1.54) is 18.2 Å². The summed E-state index contributed by atoms with van der Waals surface area (Å²) in [5, 5.41) is 10.5. The molecule has 0 radical (unpaired) electrons. The van der Waals surface area contributed by atoms with Crippen molar-refractivity contribution in [2.45, 2.75) is 19.3 Å². The lowest BCUT2D eigenvalue weighted by Gasteiger charge is -2.09. The van der Waals surface area contributed by atoms with Gasteiger partial charge >= 0.3 is 0 Å². The van der Waals surface area contributed by atoms with Crippen LogP contribution in [0.2, 0.25) is 0 Å². The number of nitro groups is 1. The lowest BCUT2D eigenvalue weighted by Crippen LogP contribution is -2.07. The second-order valence-corrected chi connectivity index (χ2v) is 2.90. The molecule has 0 saturated carbocycles. The molecule has 0 aliphatic carbocycles. The van der Waals surface area contributed by atoms with Gasteiger partial charge in [0.25, 0.3) is 5.69 Å². The van der Waals surface area contributed by atoms with Gasteiger partial charge in [-0.1, -0.05) is 12.1 Å². The summed E-state index contributed by atoms with van der Waals surface area (Å²) < 4.78 is 25.8. The van der Waals surface area contributed by atoms with Crippen LogP contribution in [0.15, 0.2) is 24.3 Å². The molecule has 1 aromatic rings. The number of hydrogen-bond donors (Lipinski definition) is 0. The molecular formula is C9H9F2NO2. The summed E-state index contributed by atoms with van der Waals surface area (Å²) in [5.74, 6) is 0. The predicted molar refractivity (Wildman–Crippen MR) is 47.5 cm³/mol. The summed E-state index contributed by atoms with van der Waals surface area (Å²) in [5.41, 5.74) is -0.600. The van der Waals surface area contributed by atoms with Crippen molar-refractivity contribution >= 4 is 5.69 Å². The van der Waals surface area contributed by atoms with Gasteiger partial charge in [-0.25, -0.2) is 8.78 Å². The fraction of sp³-hybridized carbons (Fsp3) is 0.333. The Morgan fingerprint density at radius 2 is 1.93 bits per heavy atom. The summed E-state index contributed by atoms with van der Waals surface area (Å²) in [6, 6.07) is 5.23. The van der Waals surface area contributed by atoms with Crippen molar-refractivity contribution in [3.05, 3.63) is 39.9 Å². The van der Waals surface area contributed by atoms with E-state index in [-0.39, 0.29) is 11.3 Å². The third-order valence-electron chi connectivity index (χ3n) is 1.83. The van der Waals surface area contributed by atoms with Gasteiger partial charge in [0, 0.05) is 6.07 Å². The first-order valence-electron chi connectivity index (χ1n) is 4.05. The molecule has 3 nitrogen and oxygen atoms in total. The van der Waals surface area contributed by atoms with Crippen LogP contribution in [0.1, 0.15) is 18.7 Å². The van der Waals surface area contributed by atoms with Crippen molar-refractivity contribution in [2.75, 3.05) is 0 Å². The molecule has 0 spiro atoms. The first-order valence-corrected chi connectivity index (χ1v) is 4.05. The van der Waals surface area contributed by atoms with E-state index in [0.29, 0.717) is 0 Å². The van der Waals surface area contributed by atoms with Crippen LogP contribution in [0.5, 0.6) is 0 Å². The fourth-order valence-corrected chi connectivity index (χ4v) is 1.13. The molecular weight excluding hydrogens is 192 g/mol. The van der Waals surface area contributed by atoms with Gasteiger partial charge < -0.3 is 0 Å². The first-order chi connectivity index (χ1) is 6.54. The van der Waals surface area contributed by atoms with Crippen molar-refractivity contribution in [3.63, 3.8) is 0 Å². The van der Waals surface area contributed by atoms with Crippen LogP contribution in [0.3, 0.4) is 0 Å². The highest BCUT2D eigenvalue weighted by Gasteiger charge is 2.25. The van der Waals surface area contributed by atoms with E-state index in [9.17, 15) is 18.9 Å². The third kappa shape index (κ3) is 2.04. The molecule has 14 heavy (non-hydrogen) atoms. The van der Waals surface area contributed by atoms with Crippen LogP contribution in [-0.4, -0.2) is 11.1 Å². The maximum atomic E-state index is 13.2. The van der Waals surface area contributed by atoms with Gasteiger partial charge in [0.15, 0.2) is 6.17 Å². The molecule has 0 amide bonds. The number of rotatable bonds is 3. The average Bonchev–Trinajstić information content (AvgIpc) is 2.16. The lowest BCUT2D eigenvalue weighted by atomic mass is 10.1. The van der Waals surface area contributed by atoms with Crippen LogP contribution in [0.25, 0.3) is 0 Å². The molecule has 0 heterocycles. The van der Waals surface area contributed by atoms with Crippen molar-refractivity contribution in [1.29, 1.82) is 0 Å². The largest absolute Gasteiger partial charge is 0.275 e. The minimum Gasteiger partial charge on any atom is -0.258 e. The summed E-state index contributed by atoms with van der Waals surface area (Å²) >= 11 is 0. The third-order valence-corrected chi connectivity index (χ3v) is 1.83. The Balaban J connectivity index is 3.13. The smallest absolute Gasteiger partial charge is 0.258 e. The average molecular weight is 201 g/mol. The van der Waals surface area contributed by atoms with Crippen molar-refractivity contribution < 1.29 is 13.7 Å². The van der Waals surface area contributed by atoms with Gasteiger partial charge in [-0.3, -0.25) is 10.1 Å². The second-order valence-electron chi connectivity index (χ2n) is 2.90. The molecule has 0 saturated heterocycles. The second kappa shape index (κ2) is 4.13. The number of para-hydroxylation sites is 1. The SMILES string of the molecule is CC(F)C(F)c1ccccc1[N+](=O)[O-]. The van der Waals surface area contributed by atoms with E-state index in [1.54, 1.807) is 0 Å². The maximum Gasteiger partial charge on any atom is 0.275 e. The highest BCUT2D eigenvalue weighted by Crippen LogP contribution is 2.30. The Labute approximate surface area is 79.5 Å². The molecule has 1 rings (SSSR count). The van der Waals surface area contributed by atoms with E-state index in [1.807, 2.05) is 0 Å². The number of hydrogen-bond acceptors (Lipinski definition) is 2. The maximum absolute atomic E-state index is 13.2. The zero-order chi connectivity index (χ0) is 10.7. The molecule has 0 fully saturated rings. The molecule has 2 atom stereocenters. The Bertz CT molecular complexity index is 341. The Kier molecular flexibility index (Phi) is 3.11. The van der Waals surface area contributed by atoms with Crippen LogP contribution in [0.4, 0.5) is 14.5 Å². The van der Waals surface area contributed by atoms with Gasteiger partial charge in [0.05, 0.1) is 10.5 Å². The summed E-state index contributed by atoms with van der Waals surface area (Å²) in [7, 11) is 0. The van der Waals surface area contributed by atoms with Crippen molar-refractivity contribution in [2.24, 2.45) is 0 Å². The number of nitro benzene ring substituents is 1. The Morgan fingerprint density at radius 3 is 2.43 bits per heavy atom. The van der Waals surface area contributed by atoms with E-state index in [2.05, 4.69) is 0 Å². The fourth-order valence-electron chi connectivity index (χ4n) is 1.13. The number of halogens is 2. The van der Waals surface area contributed by atoms with Gasteiger partial charge in [0.2, 0.25) is 0 Å². The lowest BCUT2D eigenvalue weighted by molar-refractivity contribution is -0.386. The van der Waals surface area contributed by atoms with Crippen LogP contribution in [-0.2, 0) is 0 Å². The molecule has 76 valence electrons.